The van der Waals surface area contributed by atoms with Crippen molar-refractivity contribution in [1.82, 2.24) is 10.2 Å². The number of benzene rings is 1. The lowest BCUT2D eigenvalue weighted by atomic mass is 9.86. The van der Waals surface area contributed by atoms with Gasteiger partial charge in [0.05, 0.1) is 0 Å². The van der Waals surface area contributed by atoms with E-state index in [1.165, 1.54) is 0 Å². The van der Waals surface area contributed by atoms with Crippen molar-refractivity contribution in [2.75, 3.05) is 24.5 Å². The molecule has 2 fully saturated rings. The summed E-state index contributed by atoms with van der Waals surface area (Å²) in [6.45, 7) is 6.02. The molecule has 3 rings (SSSR count). The molecule has 0 radical (unpaired) electrons. The molecule has 0 saturated carbocycles. The summed E-state index contributed by atoms with van der Waals surface area (Å²) in [5.41, 5.74) is 0.871. The quantitative estimate of drug-likeness (QED) is 0.911. The van der Waals surface area contributed by atoms with Crippen LogP contribution in [0.2, 0.25) is 0 Å². The molecule has 2 aliphatic heterocycles. The molecular weight excluding hydrogens is 278 g/mol. The van der Waals surface area contributed by atoms with Crippen LogP contribution >= 0.6 is 0 Å². The molecule has 118 valence electrons. The van der Waals surface area contributed by atoms with E-state index in [0.717, 1.165) is 18.7 Å². The first kappa shape index (κ1) is 14.9. The van der Waals surface area contributed by atoms with Gasteiger partial charge in [-0.3, -0.25) is 4.79 Å². The summed E-state index contributed by atoms with van der Waals surface area (Å²) in [5, 5.41) is 2.93. The smallest absolute Gasteiger partial charge is 0.317 e. The largest absolute Gasteiger partial charge is 0.336 e. The van der Waals surface area contributed by atoms with Gasteiger partial charge in [-0.15, -0.1) is 0 Å². The number of nitrogens with zero attached hydrogens (tertiary/aromatic N) is 2. The Hall–Kier alpha value is -2.04. The van der Waals surface area contributed by atoms with Crippen molar-refractivity contribution >= 4 is 17.6 Å². The molecule has 5 nitrogen and oxygen atoms in total. The Morgan fingerprint density at radius 3 is 2.64 bits per heavy atom. The van der Waals surface area contributed by atoms with Gasteiger partial charge >= 0.3 is 6.03 Å². The third-order valence-corrected chi connectivity index (χ3v) is 4.53. The minimum absolute atomic E-state index is 0.0162. The maximum absolute atomic E-state index is 12.4. The number of likely N-dealkylation sites (tertiary alicyclic amines) is 1. The molecular formula is C17H23N3O2. The van der Waals surface area contributed by atoms with Crippen LogP contribution in [0.4, 0.5) is 10.5 Å². The number of para-hydroxylation sites is 1. The lowest BCUT2D eigenvalue weighted by molar-refractivity contribution is -0.117. The monoisotopic (exact) mass is 301 g/mol. The van der Waals surface area contributed by atoms with E-state index in [9.17, 15) is 9.59 Å². The van der Waals surface area contributed by atoms with E-state index in [0.29, 0.717) is 19.5 Å². The standard InChI is InChI=1S/C17H23N3O2/c1-13(2)18-16(22)19-9-8-17(11-19)10-15(21)20(12-17)14-6-4-3-5-7-14/h3-7,13H,8-12H2,1-2H3,(H,18,22)/t17-/m0/s1. The van der Waals surface area contributed by atoms with Crippen molar-refractivity contribution in [2.24, 2.45) is 5.41 Å². The summed E-state index contributed by atoms with van der Waals surface area (Å²) in [6.07, 6.45) is 1.43. The van der Waals surface area contributed by atoms with Gasteiger partial charge in [0.1, 0.15) is 0 Å². The van der Waals surface area contributed by atoms with Crippen molar-refractivity contribution < 1.29 is 9.59 Å². The highest BCUT2D eigenvalue weighted by Gasteiger charge is 2.48. The second-order valence-corrected chi connectivity index (χ2v) is 6.77. The average molecular weight is 301 g/mol. The van der Waals surface area contributed by atoms with Crippen molar-refractivity contribution in [3.63, 3.8) is 0 Å². The van der Waals surface area contributed by atoms with Gasteiger partial charge in [-0.1, -0.05) is 18.2 Å². The van der Waals surface area contributed by atoms with E-state index in [4.69, 9.17) is 0 Å². The fourth-order valence-corrected chi connectivity index (χ4v) is 3.46. The molecule has 0 aliphatic carbocycles. The number of anilines is 1. The number of hydrogen-bond donors (Lipinski definition) is 1. The molecule has 3 amide bonds. The third kappa shape index (κ3) is 2.80. The molecule has 22 heavy (non-hydrogen) atoms. The highest BCUT2D eigenvalue weighted by Crippen LogP contribution is 2.41. The Morgan fingerprint density at radius 2 is 1.95 bits per heavy atom. The van der Waals surface area contributed by atoms with E-state index >= 15 is 0 Å². The molecule has 2 saturated heterocycles. The van der Waals surface area contributed by atoms with Crippen molar-refractivity contribution in [3.8, 4) is 0 Å². The normalized spacial score (nSPS) is 24.6. The van der Waals surface area contributed by atoms with Gasteiger partial charge in [0.2, 0.25) is 5.91 Å². The number of nitrogens with one attached hydrogen (secondary N) is 1. The average Bonchev–Trinajstić information content (AvgIpc) is 3.03. The third-order valence-electron chi connectivity index (χ3n) is 4.53. The molecule has 0 unspecified atom stereocenters. The van der Waals surface area contributed by atoms with Crippen LogP contribution in [0.3, 0.4) is 0 Å². The first-order valence-electron chi connectivity index (χ1n) is 7.90. The number of hydrogen-bond acceptors (Lipinski definition) is 2. The Kier molecular flexibility index (Phi) is 3.81. The Balaban J connectivity index is 1.69. The van der Waals surface area contributed by atoms with Gasteiger partial charge < -0.3 is 15.1 Å². The Labute approximate surface area is 131 Å². The summed E-state index contributed by atoms with van der Waals surface area (Å²) in [5.74, 6) is 0.164. The van der Waals surface area contributed by atoms with Gasteiger partial charge in [0.25, 0.3) is 0 Å². The molecule has 1 spiro atoms. The molecule has 1 N–H and O–H groups in total. The Morgan fingerprint density at radius 1 is 1.23 bits per heavy atom. The fourth-order valence-electron chi connectivity index (χ4n) is 3.46. The number of carbonyl (C=O) groups is 2. The second kappa shape index (κ2) is 5.63. The number of amides is 3. The van der Waals surface area contributed by atoms with Crippen LogP contribution in [0, 0.1) is 5.41 Å². The topological polar surface area (TPSA) is 52.7 Å². The van der Waals surface area contributed by atoms with Crippen LogP contribution < -0.4 is 10.2 Å². The van der Waals surface area contributed by atoms with Crippen LogP contribution in [0.1, 0.15) is 26.7 Å². The lowest BCUT2D eigenvalue weighted by Gasteiger charge is -2.24. The molecule has 2 heterocycles. The maximum Gasteiger partial charge on any atom is 0.317 e. The summed E-state index contributed by atoms with van der Waals surface area (Å²) in [6, 6.07) is 9.90. The minimum Gasteiger partial charge on any atom is -0.336 e. The van der Waals surface area contributed by atoms with Gasteiger partial charge in [-0.05, 0) is 32.4 Å². The zero-order valence-corrected chi connectivity index (χ0v) is 13.2. The van der Waals surface area contributed by atoms with E-state index in [-0.39, 0.29) is 23.4 Å². The van der Waals surface area contributed by atoms with Crippen molar-refractivity contribution in [3.05, 3.63) is 30.3 Å². The predicted octanol–water partition coefficient (Wildman–Crippen LogP) is 2.23. The van der Waals surface area contributed by atoms with Gasteiger partial charge in [0.15, 0.2) is 0 Å². The highest BCUT2D eigenvalue weighted by atomic mass is 16.2. The van der Waals surface area contributed by atoms with Crippen LogP contribution in [0.15, 0.2) is 30.3 Å². The van der Waals surface area contributed by atoms with E-state index < -0.39 is 0 Å². The molecule has 0 aromatic heterocycles. The number of carbonyl (C=O) groups excluding carboxylic acids is 2. The van der Waals surface area contributed by atoms with Crippen LogP contribution in [-0.2, 0) is 4.79 Å². The first-order valence-corrected chi connectivity index (χ1v) is 7.90. The van der Waals surface area contributed by atoms with E-state index in [1.807, 2.05) is 54.0 Å². The van der Waals surface area contributed by atoms with Gasteiger partial charge in [-0.2, -0.15) is 0 Å². The SMILES string of the molecule is CC(C)NC(=O)N1CC[C@]2(CC(=O)N(c3ccccc3)C2)C1. The van der Waals surface area contributed by atoms with Crippen molar-refractivity contribution in [2.45, 2.75) is 32.7 Å². The predicted molar refractivity (Wildman–Crippen MR) is 85.7 cm³/mol. The summed E-state index contributed by atoms with van der Waals surface area (Å²) >= 11 is 0. The summed E-state index contributed by atoms with van der Waals surface area (Å²) in [4.78, 5) is 28.3. The number of rotatable bonds is 2. The minimum atomic E-state index is -0.0821. The van der Waals surface area contributed by atoms with E-state index in [1.54, 1.807) is 0 Å². The number of urea groups is 1. The molecule has 0 bridgehead atoms. The van der Waals surface area contributed by atoms with Crippen LogP contribution in [-0.4, -0.2) is 42.5 Å². The van der Waals surface area contributed by atoms with Gasteiger partial charge in [-0.25, -0.2) is 4.79 Å². The lowest BCUT2D eigenvalue weighted by Crippen LogP contribution is -2.43. The molecule has 1 aromatic carbocycles. The Bertz CT molecular complexity index is 573. The maximum atomic E-state index is 12.4. The molecule has 1 aromatic rings. The van der Waals surface area contributed by atoms with Crippen LogP contribution in [0.25, 0.3) is 0 Å². The molecule has 5 heteroatoms. The van der Waals surface area contributed by atoms with Gasteiger partial charge in [0, 0.05) is 43.2 Å². The highest BCUT2D eigenvalue weighted by molar-refractivity contribution is 5.96. The first-order chi connectivity index (χ1) is 10.5. The zero-order chi connectivity index (χ0) is 15.7. The summed E-state index contributed by atoms with van der Waals surface area (Å²) in [7, 11) is 0. The van der Waals surface area contributed by atoms with Crippen molar-refractivity contribution in [1.29, 1.82) is 0 Å². The second-order valence-electron chi connectivity index (χ2n) is 6.77. The fraction of sp³-hybridized carbons (Fsp3) is 0.529. The van der Waals surface area contributed by atoms with E-state index in [2.05, 4.69) is 5.32 Å². The molecule has 2 aliphatic rings. The summed E-state index contributed by atoms with van der Waals surface area (Å²) < 4.78 is 0. The molecule has 1 atom stereocenters. The zero-order valence-electron chi connectivity index (χ0n) is 13.2. The van der Waals surface area contributed by atoms with Crippen LogP contribution in [0.5, 0.6) is 0 Å².